The molecule has 0 aliphatic carbocycles. The lowest BCUT2D eigenvalue weighted by Gasteiger charge is -2.17. The maximum Gasteiger partial charge on any atom is 0.337 e. The van der Waals surface area contributed by atoms with Crippen molar-refractivity contribution in [3.8, 4) is 0 Å². The number of benzene rings is 2. The Morgan fingerprint density at radius 3 is 2.40 bits per heavy atom. The van der Waals surface area contributed by atoms with E-state index in [4.69, 9.17) is 0 Å². The molecule has 0 aliphatic rings. The maximum atomic E-state index is 12.1. The van der Waals surface area contributed by atoms with Gasteiger partial charge in [0.2, 0.25) is 5.91 Å². The van der Waals surface area contributed by atoms with Crippen LogP contribution in [0.1, 0.15) is 27.0 Å². The van der Waals surface area contributed by atoms with Crippen LogP contribution in [-0.2, 0) is 22.6 Å². The highest BCUT2D eigenvalue weighted by Crippen LogP contribution is 2.09. The zero-order chi connectivity index (χ0) is 18.2. The summed E-state index contributed by atoms with van der Waals surface area (Å²) in [5.74, 6) is -0.401. The van der Waals surface area contributed by atoms with Crippen molar-refractivity contribution in [2.24, 2.45) is 0 Å². The van der Waals surface area contributed by atoms with Gasteiger partial charge in [-0.3, -0.25) is 9.69 Å². The molecule has 0 fully saturated rings. The molecular formula is C20H24N2O3. The first-order chi connectivity index (χ1) is 12.0. The van der Waals surface area contributed by atoms with Gasteiger partial charge in [-0.25, -0.2) is 4.79 Å². The molecule has 1 amide bonds. The van der Waals surface area contributed by atoms with E-state index in [0.29, 0.717) is 18.7 Å². The smallest absolute Gasteiger partial charge is 0.337 e. The van der Waals surface area contributed by atoms with Crippen LogP contribution in [0.15, 0.2) is 48.5 Å². The zero-order valence-electron chi connectivity index (χ0n) is 14.9. The first-order valence-corrected chi connectivity index (χ1v) is 8.16. The molecule has 0 radical (unpaired) electrons. The number of ether oxygens (including phenoxy) is 1. The largest absolute Gasteiger partial charge is 0.465 e. The van der Waals surface area contributed by atoms with E-state index in [0.717, 1.165) is 12.1 Å². The minimum absolute atomic E-state index is 0.0341. The number of hydrogen-bond donors (Lipinski definition) is 1. The zero-order valence-corrected chi connectivity index (χ0v) is 14.9. The quantitative estimate of drug-likeness (QED) is 0.787. The number of aryl methyl sites for hydroxylation is 1. The van der Waals surface area contributed by atoms with Crippen LogP contribution in [0, 0.1) is 6.92 Å². The Bertz CT molecular complexity index is 726. The number of carbonyl (C=O) groups excluding carboxylic acids is 2. The summed E-state index contributed by atoms with van der Waals surface area (Å²) in [5, 5.41) is 2.90. The van der Waals surface area contributed by atoms with E-state index in [1.54, 1.807) is 12.1 Å². The van der Waals surface area contributed by atoms with Crippen LogP contribution >= 0.6 is 0 Å². The Morgan fingerprint density at radius 1 is 1.08 bits per heavy atom. The number of nitrogens with zero attached hydrogens (tertiary/aromatic N) is 1. The minimum atomic E-state index is -0.367. The molecule has 0 unspecified atom stereocenters. The molecule has 25 heavy (non-hydrogen) atoms. The Morgan fingerprint density at radius 2 is 1.76 bits per heavy atom. The average molecular weight is 340 g/mol. The van der Waals surface area contributed by atoms with Gasteiger partial charge in [0.25, 0.3) is 0 Å². The molecule has 0 saturated carbocycles. The average Bonchev–Trinajstić information content (AvgIpc) is 2.61. The van der Waals surface area contributed by atoms with E-state index in [-0.39, 0.29) is 11.9 Å². The van der Waals surface area contributed by atoms with Crippen LogP contribution in [0.5, 0.6) is 0 Å². The number of hydrogen-bond acceptors (Lipinski definition) is 4. The second-order valence-electron chi connectivity index (χ2n) is 6.06. The van der Waals surface area contributed by atoms with Crippen LogP contribution < -0.4 is 5.32 Å². The molecule has 0 aliphatic heterocycles. The fraction of sp³-hybridized carbons (Fsp3) is 0.300. The monoisotopic (exact) mass is 340 g/mol. The van der Waals surface area contributed by atoms with Crippen LogP contribution in [-0.4, -0.2) is 37.5 Å². The number of esters is 1. The normalized spacial score (nSPS) is 10.6. The second kappa shape index (κ2) is 8.99. The third-order valence-electron chi connectivity index (χ3n) is 3.98. The fourth-order valence-corrected chi connectivity index (χ4v) is 2.51. The summed E-state index contributed by atoms with van der Waals surface area (Å²) < 4.78 is 4.66. The molecule has 0 bridgehead atoms. The lowest BCUT2D eigenvalue weighted by Crippen LogP contribution is -2.34. The number of nitrogens with one attached hydrogen (secondary N) is 1. The molecule has 5 nitrogen and oxygen atoms in total. The Labute approximate surface area is 148 Å². The van der Waals surface area contributed by atoms with Gasteiger partial charge in [0.05, 0.1) is 19.2 Å². The third-order valence-corrected chi connectivity index (χ3v) is 3.98. The number of likely N-dealkylation sites (N-methyl/N-ethyl adjacent to an activating group) is 1. The van der Waals surface area contributed by atoms with Gasteiger partial charge in [0, 0.05) is 13.1 Å². The van der Waals surface area contributed by atoms with Crippen LogP contribution in [0.25, 0.3) is 0 Å². The number of methoxy groups -OCH3 is 1. The highest BCUT2D eigenvalue weighted by molar-refractivity contribution is 5.89. The highest BCUT2D eigenvalue weighted by atomic mass is 16.5. The Balaban J connectivity index is 1.80. The van der Waals surface area contributed by atoms with Gasteiger partial charge >= 0.3 is 5.97 Å². The van der Waals surface area contributed by atoms with E-state index >= 15 is 0 Å². The predicted octanol–water partition coefficient (Wildman–Crippen LogP) is 2.53. The van der Waals surface area contributed by atoms with Crippen molar-refractivity contribution in [3.63, 3.8) is 0 Å². The van der Waals surface area contributed by atoms with E-state index in [9.17, 15) is 9.59 Å². The molecule has 0 heterocycles. The molecule has 0 saturated heterocycles. The maximum absolute atomic E-state index is 12.1. The van der Waals surface area contributed by atoms with Crippen molar-refractivity contribution < 1.29 is 14.3 Å². The Hall–Kier alpha value is -2.66. The summed E-state index contributed by atoms with van der Waals surface area (Å²) in [4.78, 5) is 25.5. The molecule has 2 aromatic carbocycles. The van der Waals surface area contributed by atoms with Crippen molar-refractivity contribution >= 4 is 11.9 Å². The molecule has 2 aromatic rings. The topological polar surface area (TPSA) is 58.6 Å². The number of rotatable bonds is 7. The standard InChI is InChI=1S/C20H24N2O3/c1-15-6-4-5-7-18(15)13-22(2)14-19(23)21-12-16-8-10-17(11-9-16)20(24)25-3/h4-11H,12-14H2,1-3H3,(H,21,23). The number of carbonyl (C=O) groups is 2. The lowest BCUT2D eigenvalue weighted by atomic mass is 10.1. The van der Waals surface area contributed by atoms with Crippen molar-refractivity contribution in [3.05, 3.63) is 70.8 Å². The van der Waals surface area contributed by atoms with Crippen molar-refractivity contribution in [2.75, 3.05) is 20.7 Å². The summed E-state index contributed by atoms with van der Waals surface area (Å²) in [6.45, 7) is 3.56. The molecule has 1 N–H and O–H groups in total. The summed E-state index contributed by atoms with van der Waals surface area (Å²) in [6.07, 6.45) is 0. The molecule has 132 valence electrons. The highest BCUT2D eigenvalue weighted by Gasteiger charge is 2.09. The summed E-state index contributed by atoms with van der Waals surface area (Å²) >= 11 is 0. The minimum Gasteiger partial charge on any atom is -0.465 e. The summed E-state index contributed by atoms with van der Waals surface area (Å²) in [7, 11) is 3.28. The molecule has 0 aromatic heterocycles. The first kappa shape index (κ1) is 18.7. The predicted molar refractivity (Wildman–Crippen MR) is 97.1 cm³/mol. The van der Waals surface area contributed by atoms with Gasteiger partial charge in [0.1, 0.15) is 0 Å². The van der Waals surface area contributed by atoms with Gasteiger partial charge in [-0.15, -0.1) is 0 Å². The fourth-order valence-electron chi connectivity index (χ4n) is 2.51. The summed E-state index contributed by atoms with van der Waals surface area (Å²) in [6, 6.07) is 15.2. The summed E-state index contributed by atoms with van der Waals surface area (Å²) in [5.41, 5.74) is 3.87. The van der Waals surface area contributed by atoms with E-state index in [1.807, 2.05) is 36.2 Å². The molecule has 0 spiro atoms. The Kier molecular flexibility index (Phi) is 6.71. The van der Waals surface area contributed by atoms with E-state index < -0.39 is 0 Å². The van der Waals surface area contributed by atoms with Gasteiger partial charge in [-0.05, 0) is 42.8 Å². The van der Waals surface area contributed by atoms with E-state index in [2.05, 4.69) is 29.1 Å². The van der Waals surface area contributed by atoms with Gasteiger partial charge in [-0.2, -0.15) is 0 Å². The van der Waals surface area contributed by atoms with Crippen LogP contribution in [0.2, 0.25) is 0 Å². The van der Waals surface area contributed by atoms with Crippen molar-refractivity contribution in [2.45, 2.75) is 20.0 Å². The lowest BCUT2D eigenvalue weighted by molar-refractivity contribution is -0.122. The van der Waals surface area contributed by atoms with Crippen molar-refractivity contribution in [1.82, 2.24) is 10.2 Å². The van der Waals surface area contributed by atoms with Crippen LogP contribution in [0.3, 0.4) is 0 Å². The molecule has 2 rings (SSSR count). The SMILES string of the molecule is COC(=O)c1ccc(CNC(=O)CN(C)Cc2ccccc2C)cc1. The van der Waals surface area contributed by atoms with Crippen LogP contribution in [0.4, 0.5) is 0 Å². The first-order valence-electron chi connectivity index (χ1n) is 8.16. The van der Waals surface area contributed by atoms with Gasteiger partial charge in [0.15, 0.2) is 0 Å². The van der Waals surface area contributed by atoms with Gasteiger partial charge < -0.3 is 10.1 Å². The number of amides is 1. The molecule has 0 atom stereocenters. The molecular weight excluding hydrogens is 316 g/mol. The second-order valence-corrected chi connectivity index (χ2v) is 6.06. The van der Waals surface area contributed by atoms with Crippen molar-refractivity contribution in [1.29, 1.82) is 0 Å². The third kappa shape index (κ3) is 5.72. The van der Waals surface area contributed by atoms with Gasteiger partial charge in [-0.1, -0.05) is 36.4 Å². The van der Waals surface area contributed by atoms with E-state index in [1.165, 1.54) is 18.2 Å². The molecule has 5 heteroatoms.